The Labute approximate surface area is 246 Å². The highest BCUT2D eigenvalue weighted by molar-refractivity contribution is 7.16. The summed E-state index contributed by atoms with van der Waals surface area (Å²) in [5.41, 5.74) is 5.34. The topological polar surface area (TPSA) is 117 Å². The van der Waals surface area contributed by atoms with Crippen molar-refractivity contribution in [2.75, 3.05) is 12.4 Å². The van der Waals surface area contributed by atoms with Crippen molar-refractivity contribution in [3.8, 4) is 23.2 Å². The number of carbonyl (C=O) groups excluding carboxylic acids is 2. The Bertz CT molecular complexity index is 1820. The van der Waals surface area contributed by atoms with Gasteiger partial charge in [0.2, 0.25) is 0 Å². The number of nitrogens with zero attached hydrogens (tertiary/aromatic N) is 2. The van der Waals surface area contributed by atoms with E-state index < -0.39 is 18.0 Å². The lowest BCUT2D eigenvalue weighted by molar-refractivity contribution is -0.123. The van der Waals surface area contributed by atoms with Gasteiger partial charge in [-0.15, -0.1) is 11.3 Å². The summed E-state index contributed by atoms with van der Waals surface area (Å²) in [4.78, 5) is 35.0. The number of hydrogen-bond acceptors (Lipinski definition) is 7. The summed E-state index contributed by atoms with van der Waals surface area (Å²) >= 11 is 1.44. The van der Waals surface area contributed by atoms with Crippen LogP contribution in [0.25, 0.3) is 22.4 Å². The number of aromatic amines is 1. The van der Waals surface area contributed by atoms with Crippen molar-refractivity contribution in [1.29, 1.82) is 5.26 Å². The van der Waals surface area contributed by atoms with Crippen LogP contribution in [-0.2, 0) is 22.4 Å². The molecular formula is C33H28N4O4S. The van der Waals surface area contributed by atoms with Gasteiger partial charge in [0, 0.05) is 10.4 Å². The highest BCUT2D eigenvalue weighted by Crippen LogP contribution is 2.42. The minimum Gasteiger partial charge on any atom is -0.497 e. The molecule has 3 aromatic carbocycles. The zero-order chi connectivity index (χ0) is 29.2. The molecule has 8 nitrogen and oxygen atoms in total. The SMILES string of the molecule is COc1ccc(-c2nc3ccc(C(=O)OC(C)C(=O)Nc4sc5c(c4C#N)CCC(c4ccccc4)C5)cc3[nH]2)cc1. The summed E-state index contributed by atoms with van der Waals surface area (Å²) in [6.45, 7) is 1.52. The van der Waals surface area contributed by atoms with Crippen LogP contribution in [0.4, 0.5) is 5.00 Å². The molecule has 1 amide bonds. The molecular weight excluding hydrogens is 548 g/mol. The van der Waals surface area contributed by atoms with Gasteiger partial charge in [-0.3, -0.25) is 4.79 Å². The van der Waals surface area contributed by atoms with Gasteiger partial charge >= 0.3 is 5.97 Å². The molecule has 0 radical (unpaired) electrons. The average Bonchev–Trinajstić information content (AvgIpc) is 3.61. The monoisotopic (exact) mass is 576 g/mol. The Morgan fingerprint density at radius 1 is 1.12 bits per heavy atom. The van der Waals surface area contributed by atoms with Gasteiger partial charge in [0.1, 0.15) is 22.6 Å². The third-order valence-corrected chi connectivity index (χ3v) is 8.79. The Morgan fingerprint density at radius 3 is 2.64 bits per heavy atom. The van der Waals surface area contributed by atoms with Crippen molar-refractivity contribution in [2.45, 2.75) is 38.2 Å². The summed E-state index contributed by atoms with van der Waals surface area (Å²) in [6, 6.07) is 25.2. The molecule has 0 saturated carbocycles. The van der Waals surface area contributed by atoms with E-state index in [0.717, 1.165) is 41.0 Å². The number of thiophene rings is 1. The van der Waals surface area contributed by atoms with E-state index in [4.69, 9.17) is 9.47 Å². The van der Waals surface area contributed by atoms with Crippen molar-refractivity contribution >= 4 is 39.2 Å². The zero-order valence-electron chi connectivity index (χ0n) is 23.1. The average molecular weight is 577 g/mol. The fourth-order valence-electron chi connectivity index (χ4n) is 5.32. The summed E-state index contributed by atoms with van der Waals surface area (Å²) < 4.78 is 10.7. The van der Waals surface area contributed by atoms with Crippen LogP contribution in [0.15, 0.2) is 72.8 Å². The van der Waals surface area contributed by atoms with E-state index in [1.54, 1.807) is 25.3 Å². The molecule has 0 fully saturated rings. The predicted molar refractivity (Wildman–Crippen MR) is 162 cm³/mol. The van der Waals surface area contributed by atoms with Gasteiger partial charge in [0.05, 0.1) is 29.3 Å². The molecule has 5 aromatic rings. The lowest BCUT2D eigenvalue weighted by Gasteiger charge is -2.22. The van der Waals surface area contributed by atoms with Crippen LogP contribution in [0.3, 0.4) is 0 Å². The first kappa shape index (κ1) is 27.2. The summed E-state index contributed by atoms with van der Waals surface area (Å²) in [5.74, 6) is 0.677. The van der Waals surface area contributed by atoms with Gasteiger partial charge in [-0.25, -0.2) is 9.78 Å². The number of hydrogen-bond donors (Lipinski definition) is 2. The standard InChI is InChI=1S/C33H28N4O4S/c1-19(31(38)37-32-26(18-34)25-14-10-22(17-29(25)42-32)20-6-4-3-5-7-20)41-33(39)23-11-15-27-28(16-23)36-30(35-27)21-8-12-24(40-2)13-9-21/h3-9,11-13,15-16,19,22H,10,14,17H2,1-2H3,(H,35,36)(H,37,38). The van der Waals surface area contributed by atoms with Crippen molar-refractivity contribution in [3.63, 3.8) is 0 Å². The number of esters is 1. The largest absolute Gasteiger partial charge is 0.497 e. The minimum atomic E-state index is -1.06. The lowest BCUT2D eigenvalue weighted by atomic mass is 9.83. The van der Waals surface area contributed by atoms with Crippen molar-refractivity contribution in [3.05, 3.63) is 99.9 Å². The van der Waals surface area contributed by atoms with Crippen LogP contribution in [0.1, 0.15) is 51.2 Å². The molecule has 0 saturated heterocycles. The summed E-state index contributed by atoms with van der Waals surface area (Å²) in [6.07, 6.45) is 1.50. The molecule has 9 heteroatoms. The van der Waals surface area contributed by atoms with Crippen LogP contribution in [0, 0.1) is 11.3 Å². The van der Waals surface area contributed by atoms with E-state index >= 15 is 0 Å². The number of H-pyrrole nitrogens is 1. The summed E-state index contributed by atoms with van der Waals surface area (Å²) in [5, 5.41) is 13.2. The maximum absolute atomic E-state index is 13.0. The highest BCUT2D eigenvalue weighted by Gasteiger charge is 2.28. The van der Waals surface area contributed by atoms with E-state index in [1.807, 2.05) is 42.5 Å². The van der Waals surface area contributed by atoms with Crippen LogP contribution < -0.4 is 10.1 Å². The third-order valence-electron chi connectivity index (χ3n) is 7.62. The number of fused-ring (bicyclic) bond motifs is 2. The molecule has 2 unspecified atom stereocenters. The number of methoxy groups -OCH3 is 1. The van der Waals surface area contributed by atoms with E-state index in [1.165, 1.54) is 23.8 Å². The quantitative estimate of drug-likeness (QED) is 0.210. The van der Waals surface area contributed by atoms with Gasteiger partial charge in [-0.2, -0.15) is 5.26 Å². The summed E-state index contributed by atoms with van der Waals surface area (Å²) in [7, 11) is 1.61. The molecule has 0 spiro atoms. The second kappa shape index (κ2) is 11.5. The van der Waals surface area contributed by atoms with Gasteiger partial charge in [0.15, 0.2) is 6.10 Å². The van der Waals surface area contributed by atoms with Crippen LogP contribution in [0.2, 0.25) is 0 Å². The fourth-order valence-corrected chi connectivity index (χ4v) is 6.60. The zero-order valence-corrected chi connectivity index (χ0v) is 24.0. The first-order chi connectivity index (χ1) is 20.4. The van der Waals surface area contributed by atoms with E-state index in [-0.39, 0.29) is 0 Å². The molecule has 1 aliphatic carbocycles. The number of aromatic nitrogens is 2. The molecule has 2 atom stereocenters. The van der Waals surface area contributed by atoms with E-state index in [9.17, 15) is 14.9 Å². The molecule has 6 rings (SSSR count). The Kier molecular flexibility index (Phi) is 7.46. The first-order valence-corrected chi connectivity index (χ1v) is 14.5. The predicted octanol–water partition coefficient (Wildman–Crippen LogP) is 6.63. The van der Waals surface area contributed by atoms with Gasteiger partial charge in [-0.05, 0) is 85.7 Å². The van der Waals surface area contributed by atoms with Crippen LogP contribution in [0.5, 0.6) is 5.75 Å². The first-order valence-electron chi connectivity index (χ1n) is 13.7. The number of ether oxygens (including phenoxy) is 2. The number of benzene rings is 3. The van der Waals surface area contributed by atoms with E-state index in [2.05, 4.69) is 33.5 Å². The molecule has 0 bridgehead atoms. The van der Waals surface area contributed by atoms with Gasteiger partial charge in [0.25, 0.3) is 5.91 Å². The van der Waals surface area contributed by atoms with Gasteiger partial charge in [-0.1, -0.05) is 30.3 Å². The van der Waals surface area contributed by atoms with Crippen molar-refractivity contribution < 1.29 is 19.1 Å². The molecule has 2 N–H and O–H groups in total. The molecule has 42 heavy (non-hydrogen) atoms. The third kappa shape index (κ3) is 5.37. The molecule has 210 valence electrons. The van der Waals surface area contributed by atoms with Crippen molar-refractivity contribution in [2.24, 2.45) is 0 Å². The molecule has 1 aliphatic rings. The van der Waals surface area contributed by atoms with Crippen molar-refractivity contribution in [1.82, 2.24) is 9.97 Å². The lowest BCUT2D eigenvalue weighted by Crippen LogP contribution is -2.30. The number of nitrogens with one attached hydrogen (secondary N) is 2. The number of nitriles is 1. The second-order valence-corrected chi connectivity index (χ2v) is 11.4. The molecule has 2 aromatic heterocycles. The number of anilines is 1. The van der Waals surface area contributed by atoms with Crippen LogP contribution >= 0.6 is 11.3 Å². The van der Waals surface area contributed by atoms with Crippen LogP contribution in [-0.4, -0.2) is 35.1 Å². The highest BCUT2D eigenvalue weighted by atomic mass is 32.1. The fraction of sp³-hybridized carbons (Fsp3) is 0.212. The number of carbonyl (C=O) groups is 2. The number of imidazole rings is 1. The normalized spacial score (nSPS) is 14.9. The number of rotatable bonds is 7. The van der Waals surface area contributed by atoms with Gasteiger partial charge < -0.3 is 19.8 Å². The Hall–Kier alpha value is -4.94. The molecule has 0 aliphatic heterocycles. The molecule has 2 heterocycles. The minimum absolute atomic E-state index is 0.295. The maximum Gasteiger partial charge on any atom is 0.338 e. The smallest absolute Gasteiger partial charge is 0.338 e. The Balaban J connectivity index is 1.13. The second-order valence-electron chi connectivity index (χ2n) is 10.3. The van der Waals surface area contributed by atoms with E-state index in [0.29, 0.717) is 38.9 Å². The number of amides is 1. The Morgan fingerprint density at radius 2 is 1.90 bits per heavy atom. The maximum atomic E-state index is 13.0.